The van der Waals surface area contributed by atoms with Gasteiger partial charge in [0.1, 0.15) is 11.6 Å². The average molecular weight is 517 g/mol. The van der Waals surface area contributed by atoms with Crippen molar-refractivity contribution in [3.8, 4) is 5.75 Å². The molecule has 1 saturated heterocycles. The van der Waals surface area contributed by atoms with Gasteiger partial charge in [-0.2, -0.15) is 4.98 Å². The van der Waals surface area contributed by atoms with E-state index in [0.717, 1.165) is 26.2 Å². The molecule has 11 heteroatoms. The van der Waals surface area contributed by atoms with Gasteiger partial charge < -0.3 is 24.4 Å². The number of carbonyl (C=O) groups is 1. The van der Waals surface area contributed by atoms with E-state index in [1.807, 2.05) is 13.8 Å². The maximum atomic E-state index is 15.8. The van der Waals surface area contributed by atoms with Gasteiger partial charge in [-0.15, -0.1) is 0 Å². The Morgan fingerprint density at radius 3 is 2.64 bits per heavy atom. The highest BCUT2D eigenvalue weighted by Gasteiger charge is 2.21. The molecule has 1 aliphatic heterocycles. The predicted molar refractivity (Wildman–Crippen MR) is 139 cm³/mol. The zero-order valence-corrected chi connectivity index (χ0v) is 21.6. The molecule has 0 unspecified atom stereocenters. The zero-order chi connectivity index (χ0) is 26.0. The summed E-state index contributed by atoms with van der Waals surface area (Å²) in [5.41, 5.74) is 0.133. The average Bonchev–Trinajstić information content (AvgIpc) is 2.86. The van der Waals surface area contributed by atoms with E-state index in [1.165, 1.54) is 16.8 Å². The topological polar surface area (TPSA) is 92.6 Å². The molecule has 0 amide bonds. The van der Waals surface area contributed by atoms with Crippen LogP contribution in [0.1, 0.15) is 33.2 Å². The minimum atomic E-state index is -0.593. The molecule has 1 fully saturated rings. The molecule has 1 aliphatic rings. The number of nitrogens with one attached hydrogen (secondary N) is 1. The summed E-state index contributed by atoms with van der Waals surface area (Å²) < 4.78 is 22.7. The van der Waals surface area contributed by atoms with Crippen LogP contribution in [0.15, 0.2) is 29.2 Å². The Morgan fingerprint density at radius 1 is 1.25 bits per heavy atom. The van der Waals surface area contributed by atoms with E-state index in [-0.39, 0.29) is 52.5 Å². The molecule has 192 valence electrons. The van der Waals surface area contributed by atoms with Crippen LogP contribution in [0.25, 0.3) is 10.9 Å². The highest BCUT2D eigenvalue weighted by Crippen LogP contribution is 2.31. The quantitative estimate of drug-likeness (QED) is 0.480. The lowest BCUT2D eigenvalue weighted by Gasteiger charge is -2.32. The number of hydrogen-bond donors (Lipinski definition) is 1. The van der Waals surface area contributed by atoms with Gasteiger partial charge in [0.15, 0.2) is 23.2 Å². The number of Topliss-reactive ketones (excluding diaryl/α,β-unsaturated/α-hetero) is 1. The van der Waals surface area contributed by atoms with Crippen LogP contribution in [-0.4, -0.2) is 65.1 Å². The van der Waals surface area contributed by atoms with E-state index >= 15 is 4.39 Å². The van der Waals surface area contributed by atoms with Gasteiger partial charge >= 0.3 is 0 Å². The number of fused-ring (bicyclic) bond motifs is 1. The summed E-state index contributed by atoms with van der Waals surface area (Å²) in [5, 5.41) is 3.41. The maximum absolute atomic E-state index is 15.8. The fraction of sp³-hybridized carbons (Fsp3) is 0.440. The van der Waals surface area contributed by atoms with Gasteiger partial charge in [0.05, 0.1) is 17.4 Å². The van der Waals surface area contributed by atoms with E-state index in [2.05, 4.69) is 32.1 Å². The lowest BCUT2D eigenvalue weighted by Crippen LogP contribution is -2.45. The molecule has 1 N–H and O–H groups in total. The Hall–Kier alpha value is -3.24. The number of ether oxygens (including phenoxy) is 1. The second kappa shape index (κ2) is 10.8. The molecule has 0 radical (unpaired) electrons. The number of ketones is 1. The third kappa shape index (κ3) is 5.29. The van der Waals surface area contributed by atoms with Crippen molar-refractivity contribution in [3.63, 3.8) is 0 Å². The molecular formula is C25H30ClFN6O3. The summed E-state index contributed by atoms with van der Waals surface area (Å²) in [6, 6.07) is 4.30. The fourth-order valence-electron chi connectivity index (χ4n) is 4.06. The van der Waals surface area contributed by atoms with Gasteiger partial charge in [0.2, 0.25) is 5.95 Å². The van der Waals surface area contributed by atoms with E-state index < -0.39 is 11.4 Å². The molecule has 0 saturated carbocycles. The van der Waals surface area contributed by atoms with Crippen LogP contribution in [0.4, 0.5) is 21.8 Å². The standard InChI is InChI=1S/C25H30ClFN6O3/c1-5-16(34)14-36-21-12-17-20(33(15(2)3)24(21)35)7-6-19(22(17)27)29-23-18(26)13-28-25(30-23)32-10-8-31(4)9-11-32/h6-7,12-13,15H,5,8-11,14H2,1-4H3,(H,28,29,30). The Morgan fingerprint density at radius 2 is 1.97 bits per heavy atom. The summed E-state index contributed by atoms with van der Waals surface area (Å²) >= 11 is 6.34. The van der Waals surface area contributed by atoms with Gasteiger partial charge in [-0.05, 0) is 39.1 Å². The third-order valence-corrected chi connectivity index (χ3v) is 6.47. The number of benzene rings is 1. The summed E-state index contributed by atoms with van der Waals surface area (Å²) in [4.78, 5) is 37.9. The lowest BCUT2D eigenvalue weighted by atomic mass is 10.1. The highest BCUT2D eigenvalue weighted by molar-refractivity contribution is 6.32. The van der Waals surface area contributed by atoms with Gasteiger partial charge in [-0.25, -0.2) is 9.37 Å². The third-order valence-electron chi connectivity index (χ3n) is 6.19. The molecule has 36 heavy (non-hydrogen) atoms. The highest BCUT2D eigenvalue weighted by atomic mass is 35.5. The number of piperazine rings is 1. The van der Waals surface area contributed by atoms with Crippen LogP contribution in [0, 0.1) is 5.82 Å². The number of anilines is 3. The van der Waals surface area contributed by atoms with E-state index in [1.54, 1.807) is 19.1 Å². The second-order valence-electron chi connectivity index (χ2n) is 9.10. The van der Waals surface area contributed by atoms with E-state index in [9.17, 15) is 9.59 Å². The summed E-state index contributed by atoms with van der Waals surface area (Å²) in [6.07, 6.45) is 1.78. The minimum absolute atomic E-state index is 0.0773. The molecule has 2 aromatic heterocycles. The number of carbonyl (C=O) groups excluding carboxylic acids is 1. The van der Waals surface area contributed by atoms with Crippen LogP contribution in [0.5, 0.6) is 5.75 Å². The number of aromatic nitrogens is 3. The van der Waals surface area contributed by atoms with Crippen LogP contribution in [0.2, 0.25) is 5.02 Å². The molecule has 3 aromatic rings. The van der Waals surface area contributed by atoms with Gasteiger partial charge in [0, 0.05) is 44.0 Å². The minimum Gasteiger partial charge on any atom is -0.480 e. The smallest absolute Gasteiger partial charge is 0.293 e. The zero-order valence-electron chi connectivity index (χ0n) is 20.8. The van der Waals surface area contributed by atoms with Crippen molar-refractivity contribution in [1.29, 1.82) is 0 Å². The Labute approximate surface area is 213 Å². The monoisotopic (exact) mass is 516 g/mol. The number of nitrogens with zero attached hydrogens (tertiary/aromatic N) is 5. The van der Waals surface area contributed by atoms with Crippen molar-refractivity contribution < 1.29 is 13.9 Å². The largest absolute Gasteiger partial charge is 0.480 e. The Kier molecular flexibility index (Phi) is 7.75. The van der Waals surface area contributed by atoms with Crippen LogP contribution < -0.4 is 20.5 Å². The number of pyridine rings is 1. The number of halogens is 2. The predicted octanol–water partition coefficient (Wildman–Crippen LogP) is 4.02. The Bertz CT molecular complexity index is 1340. The summed E-state index contributed by atoms with van der Waals surface area (Å²) in [6.45, 7) is 8.44. The molecule has 0 spiro atoms. The number of hydrogen-bond acceptors (Lipinski definition) is 8. The van der Waals surface area contributed by atoms with Gasteiger partial charge in [-0.1, -0.05) is 18.5 Å². The molecule has 0 bridgehead atoms. The van der Waals surface area contributed by atoms with Crippen LogP contribution in [-0.2, 0) is 4.79 Å². The van der Waals surface area contributed by atoms with Crippen molar-refractivity contribution in [2.45, 2.75) is 33.2 Å². The van der Waals surface area contributed by atoms with Gasteiger partial charge in [0.25, 0.3) is 5.56 Å². The van der Waals surface area contributed by atoms with Crippen molar-refractivity contribution in [1.82, 2.24) is 19.4 Å². The first-order valence-corrected chi connectivity index (χ1v) is 12.3. The molecule has 1 aromatic carbocycles. The van der Waals surface area contributed by atoms with Crippen molar-refractivity contribution >= 4 is 45.7 Å². The van der Waals surface area contributed by atoms with Gasteiger partial charge in [-0.3, -0.25) is 9.59 Å². The van der Waals surface area contributed by atoms with Crippen molar-refractivity contribution in [3.05, 3.63) is 45.6 Å². The maximum Gasteiger partial charge on any atom is 0.293 e. The van der Waals surface area contributed by atoms with Crippen LogP contribution in [0.3, 0.4) is 0 Å². The summed E-state index contributed by atoms with van der Waals surface area (Å²) in [7, 11) is 2.06. The number of likely N-dealkylation sites (N-methyl/N-ethyl adjacent to an activating group) is 1. The SMILES string of the molecule is CCC(=O)COc1cc2c(F)c(Nc3nc(N4CCN(C)CC4)ncc3Cl)ccc2n(C(C)C)c1=O. The van der Waals surface area contributed by atoms with E-state index in [4.69, 9.17) is 16.3 Å². The van der Waals surface area contributed by atoms with E-state index in [0.29, 0.717) is 11.5 Å². The first-order valence-electron chi connectivity index (χ1n) is 11.9. The molecule has 4 rings (SSSR count). The summed E-state index contributed by atoms with van der Waals surface area (Å²) in [5.74, 6) is -0.0333. The van der Waals surface area contributed by atoms with Crippen molar-refractivity contribution in [2.24, 2.45) is 0 Å². The Balaban J connectivity index is 1.72. The second-order valence-corrected chi connectivity index (χ2v) is 9.51. The first-order chi connectivity index (χ1) is 17.2. The molecule has 0 atom stereocenters. The first kappa shape index (κ1) is 25.8. The normalized spacial score (nSPS) is 14.5. The number of rotatable bonds is 8. The van der Waals surface area contributed by atoms with Crippen LogP contribution >= 0.6 is 11.6 Å². The molecule has 3 heterocycles. The fourth-order valence-corrected chi connectivity index (χ4v) is 4.19. The molecular weight excluding hydrogens is 487 g/mol. The molecule has 9 nitrogen and oxygen atoms in total. The molecule has 0 aliphatic carbocycles. The van der Waals surface area contributed by atoms with Crippen molar-refractivity contribution in [2.75, 3.05) is 50.1 Å². The lowest BCUT2D eigenvalue weighted by molar-refractivity contribution is -0.120.